The fraction of sp³-hybridized carbons (Fsp3) is 0.219. The molecule has 1 saturated heterocycles. The molecular formula is C32H25F3N6O4S2. The molecule has 2 unspecified atom stereocenters. The SMILES string of the molecule is N#Cc1ncc(N2C(=O)C3(CCC3=O)N(c3cccc(S(=O)(=O)N(Cc4ccccc4)Cc4ccccc4)n3)C2S)cc1C(F)(F)F. The third-order valence-corrected chi connectivity index (χ3v) is 10.3. The summed E-state index contributed by atoms with van der Waals surface area (Å²) in [7, 11) is -4.29. The number of benzene rings is 2. The first-order chi connectivity index (χ1) is 22.4. The molecule has 2 aliphatic rings. The van der Waals surface area contributed by atoms with Gasteiger partial charge in [-0.05, 0) is 35.7 Å². The topological polar surface area (TPSA) is 128 Å². The maximum Gasteiger partial charge on any atom is 0.419 e. The average molecular weight is 679 g/mol. The van der Waals surface area contributed by atoms with E-state index in [1.54, 1.807) is 48.5 Å². The zero-order valence-electron chi connectivity index (χ0n) is 24.4. The van der Waals surface area contributed by atoms with Gasteiger partial charge in [-0.25, -0.2) is 18.4 Å². The van der Waals surface area contributed by atoms with Crippen molar-refractivity contribution in [2.24, 2.45) is 0 Å². The predicted molar refractivity (Wildman–Crippen MR) is 167 cm³/mol. The maximum atomic E-state index is 14.2. The molecule has 47 heavy (non-hydrogen) atoms. The number of alkyl halides is 3. The van der Waals surface area contributed by atoms with E-state index in [0.717, 1.165) is 22.2 Å². The molecule has 2 fully saturated rings. The third-order valence-electron chi connectivity index (χ3n) is 8.15. The van der Waals surface area contributed by atoms with Gasteiger partial charge in [-0.1, -0.05) is 66.7 Å². The Morgan fingerprint density at radius 2 is 1.60 bits per heavy atom. The first-order valence-electron chi connectivity index (χ1n) is 14.2. The molecule has 1 aliphatic carbocycles. The molecule has 0 bridgehead atoms. The summed E-state index contributed by atoms with van der Waals surface area (Å²) >= 11 is 4.55. The number of halogens is 3. The number of Topliss-reactive ketones (excluding diaryl/α,β-unsaturated/α-hetero) is 1. The number of pyridine rings is 2. The molecule has 10 nitrogen and oxygen atoms in total. The molecule has 0 radical (unpaired) electrons. The van der Waals surface area contributed by atoms with E-state index in [1.807, 2.05) is 12.1 Å². The second-order valence-electron chi connectivity index (χ2n) is 11.0. The van der Waals surface area contributed by atoms with Crippen molar-refractivity contribution in [3.05, 3.63) is 114 Å². The number of aromatic nitrogens is 2. The number of nitrogens with zero attached hydrogens (tertiary/aromatic N) is 6. The van der Waals surface area contributed by atoms with Crippen molar-refractivity contribution in [1.82, 2.24) is 14.3 Å². The van der Waals surface area contributed by atoms with Crippen molar-refractivity contribution in [2.45, 2.75) is 48.2 Å². The van der Waals surface area contributed by atoms with Crippen molar-refractivity contribution in [2.75, 3.05) is 9.80 Å². The lowest BCUT2D eigenvalue weighted by atomic mass is 9.74. The maximum absolute atomic E-state index is 14.2. The summed E-state index contributed by atoms with van der Waals surface area (Å²) in [5, 5.41) is 8.81. The van der Waals surface area contributed by atoms with Crippen LogP contribution in [-0.4, -0.2) is 45.4 Å². The van der Waals surface area contributed by atoms with Gasteiger partial charge in [0.05, 0.1) is 17.4 Å². The van der Waals surface area contributed by atoms with Gasteiger partial charge in [-0.15, -0.1) is 12.6 Å². The lowest BCUT2D eigenvalue weighted by Crippen LogP contribution is -2.63. The van der Waals surface area contributed by atoms with E-state index in [1.165, 1.54) is 33.5 Å². The highest BCUT2D eigenvalue weighted by Crippen LogP contribution is 2.48. The van der Waals surface area contributed by atoms with Gasteiger partial charge < -0.3 is 4.90 Å². The van der Waals surface area contributed by atoms with E-state index in [9.17, 15) is 36.4 Å². The van der Waals surface area contributed by atoms with E-state index < -0.39 is 50.2 Å². The number of thiol groups is 1. The summed E-state index contributed by atoms with van der Waals surface area (Å²) in [6.45, 7) is 0.0373. The van der Waals surface area contributed by atoms with Crippen LogP contribution in [0.25, 0.3) is 0 Å². The van der Waals surface area contributed by atoms with Crippen LogP contribution < -0.4 is 9.80 Å². The van der Waals surface area contributed by atoms with Crippen LogP contribution in [0.1, 0.15) is 35.2 Å². The zero-order valence-corrected chi connectivity index (χ0v) is 26.1. The Morgan fingerprint density at radius 3 is 2.11 bits per heavy atom. The Kier molecular flexibility index (Phi) is 8.29. The molecule has 1 aliphatic heterocycles. The van der Waals surface area contributed by atoms with Crippen LogP contribution >= 0.6 is 12.6 Å². The van der Waals surface area contributed by atoms with Crippen molar-refractivity contribution in [3.8, 4) is 6.07 Å². The summed E-state index contributed by atoms with van der Waals surface area (Å²) < 4.78 is 71.0. The summed E-state index contributed by atoms with van der Waals surface area (Å²) in [5.74, 6) is -1.48. The minimum Gasteiger partial charge on any atom is -0.305 e. The van der Waals surface area contributed by atoms with Crippen LogP contribution in [0.15, 0.2) is 96.2 Å². The zero-order chi connectivity index (χ0) is 33.6. The number of anilines is 2. The van der Waals surface area contributed by atoms with E-state index in [0.29, 0.717) is 6.07 Å². The van der Waals surface area contributed by atoms with Crippen molar-refractivity contribution >= 4 is 45.8 Å². The number of hydrogen-bond acceptors (Lipinski definition) is 9. The quantitative estimate of drug-likeness (QED) is 0.206. The molecule has 1 saturated carbocycles. The Hall–Kier alpha value is -4.78. The van der Waals surface area contributed by atoms with Gasteiger partial charge in [-0.3, -0.25) is 14.5 Å². The summed E-state index contributed by atoms with van der Waals surface area (Å²) in [6.07, 6.45) is -4.02. The van der Waals surface area contributed by atoms with Crippen LogP contribution in [0.5, 0.6) is 0 Å². The van der Waals surface area contributed by atoms with Crippen molar-refractivity contribution in [1.29, 1.82) is 5.26 Å². The first kappa shape index (κ1) is 32.2. The summed E-state index contributed by atoms with van der Waals surface area (Å²) in [6, 6.07) is 24.1. The van der Waals surface area contributed by atoms with E-state index in [2.05, 4.69) is 22.6 Å². The van der Waals surface area contributed by atoms with E-state index in [-0.39, 0.29) is 42.5 Å². The monoisotopic (exact) mass is 678 g/mol. The average Bonchev–Trinajstić information content (AvgIpc) is 3.31. The number of carbonyl (C=O) groups excluding carboxylic acids is 2. The van der Waals surface area contributed by atoms with Gasteiger partial charge >= 0.3 is 6.18 Å². The van der Waals surface area contributed by atoms with Crippen molar-refractivity contribution in [3.63, 3.8) is 0 Å². The second kappa shape index (κ2) is 12.1. The Balaban J connectivity index is 1.41. The van der Waals surface area contributed by atoms with Crippen LogP contribution in [0.2, 0.25) is 0 Å². The Labute approximate surface area is 273 Å². The largest absolute Gasteiger partial charge is 0.419 e. The van der Waals surface area contributed by atoms with Crippen LogP contribution in [0, 0.1) is 11.3 Å². The number of nitriles is 1. The molecular weight excluding hydrogens is 654 g/mol. The number of amides is 1. The molecule has 2 aromatic heterocycles. The smallest absolute Gasteiger partial charge is 0.305 e. The number of ketones is 1. The predicted octanol–water partition coefficient (Wildman–Crippen LogP) is 4.93. The number of carbonyl (C=O) groups is 2. The summed E-state index contributed by atoms with van der Waals surface area (Å²) in [4.78, 5) is 37.2. The number of hydrogen-bond donors (Lipinski definition) is 1. The molecule has 3 heterocycles. The van der Waals surface area contributed by atoms with Crippen LogP contribution in [0.3, 0.4) is 0 Å². The van der Waals surface area contributed by atoms with Crippen LogP contribution in [-0.2, 0) is 38.9 Å². The van der Waals surface area contributed by atoms with Gasteiger partial charge in [-0.2, -0.15) is 22.7 Å². The van der Waals surface area contributed by atoms with Gasteiger partial charge in [0.25, 0.3) is 15.9 Å². The normalized spacial score (nSPS) is 19.7. The highest BCUT2D eigenvalue weighted by molar-refractivity contribution is 7.89. The molecule has 0 N–H and O–H groups in total. The Bertz CT molecular complexity index is 1970. The van der Waals surface area contributed by atoms with Crippen molar-refractivity contribution < 1.29 is 31.2 Å². The first-order valence-corrected chi connectivity index (χ1v) is 16.2. The van der Waals surface area contributed by atoms with Gasteiger partial charge in [0.2, 0.25) is 0 Å². The molecule has 15 heteroatoms. The standard InChI is InChI=1S/C32H25F3N6O4S2/c33-32(34,35)24-16-23(18-37-25(24)17-36)40-29(43)31(15-14-26(31)42)41(30(40)46)27-12-7-13-28(38-27)47(44,45)39(19-21-8-3-1-4-9-21)20-22-10-5-2-6-11-22/h1-13,16,18,30,46H,14-15,19-20H2. The van der Waals surface area contributed by atoms with Gasteiger partial charge in [0.15, 0.2) is 27.5 Å². The number of sulfonamides is 1. The highest BCUT2D eigenvalue weighted by atomic mass is 32.2. The molecule has 6 rings (SSSR count). The summed E-state index contributed by atoms with van der Waals surface area (Å²) in [5.41, 5.74) is -4.38. The van der Waals surface area contributed by atoms with E-state index in [4.69, 9.17) is 0 Å². The molecule has 4 aromatic rings. The second-order valence-corrected chi connectivity index (χ2v) is 13.3. The minimum absolute atomic E-state index is 0.000852. The fourth-order valence-corrected chi connectivity index (χ4v) is 7.65. The molecule has 1 spiro atoms. The molecule has 2 aromatic carbocycles. The lowest BCUT2D eigenvalue weighted by Gasteiger charge is -2.42. The van der Waals surface area contributed by atoms with Crippen LogP contribution in [0.4, 0.5) is 24.7 Å². The molecule has 2 atom stereocenters. The third kappa shape index (κ3) is 5.62. The lowest BCUT2D eigenvalue weighted by molar-refractivity contribution is -0.140. The minimum atomic E-state index is -4.96. The van der Waals surface area contributed by atoms with Gasteiger partial charge in [0, 0.05) is 19.5 Å². The molecule has 240 valence electrons. The van der Waals surface area contributed by atoms with Gasteiger partial charge in [0.1, 0.15) is 11.9 Å². The number of rotatable bonds is 8. The Morgan fingerprint density at radius 1 is 0.979 bits per heavy atom. The molecule has 1 amide bonds. The fourth-order valence-electron chi connectivity index (χ4n) is 5.73. The highest BCUT2D eigenvalue weighted by Gasteiger charge is 2.66. The van der Waals surface area contributed by atoms with E-state index >= 15 is 0 Å².